The molecule has 0 fully saturated rings. The van der Waals surface area contributed by atoms with E-state index >= 15 is 0 Å². The predicted octanol–water partition coefficient (Wildman–Crippen LogP) is 1.57. The lowest BCUT2D eigenvalue weighted by molar-refractivity contribution is 0.305. The number of halogens is 2. The number of rotatable bonds is 8. The second-order valence-electron chi connectivity index (χ2n) is 4.97. The second kappa shape index (κ2) is 8.91. The summed E-state index contributed by atoms with van der Waals surface area (Å²) in [6, 6.07) is 4.11. The SMILES string of the molecule is CNS(=O)(=O)CCCNc1nonc1/C(=N/O)Nc1ccc(F)c(Br)c1. The molecular formula is C13H16BrFN6O4S. The minimum Gasteiger partial charge on any atom is -0.409 e. The van der Waals surface area contributed by atoms with Crippen LogP contribution in [0.2, 0.25) is 0 Å². The van der Waals surface area contributed by atoms with E-state index in [0.29, 0.717) is 12.1 Å². The normalized spacial score (nSPS) is 12.2. The average molecular weight is 451 g/mol. The Bertz CT molecular complexity index is 889. The molecule has 0 unspecified atom stereocenters. The molecule has 0 aliphatic heterocycles. The number of anilines is 2. The summed E-state index contributed by atoms with van der Waals surface area (Å²) < 4.78 is 43.1. The number of oxime groups is 1. The number of benzene rings is 1. The Labute approximate surface area is 157 Å². The highest BCUT2D eigenvalue weighted by molar-refractivity contribution is 9.10. The lowest BCUT2D eigenvalue weighted by atomic mass is 10.3. The largest absolute Gasteiger partial charge is 0.409 e. The number of hydrogen-bond donors (Lipinski definition) is 4. The van der Waals surface area contributed by atoms with Crippen molar-refractivity contribution in [1.29, 1.82) is 0 Å². The molecule has 0 saturated carbocycles. The second-order valence-corrected chi connectivity index (χ2v) is 7.87. The smallest absolute Gasteiger partial charge is 0.211 e. The topological polar surface area (TPSA) is 142 Å². The van der Waals surface area contributed by atoms with Crippen molar-refractivity contribution >= 4 is 43.3 Å². The molecule has 4 N–H and O–H groups in total. The number of nitrogens with zero attached hydrogens (tertiary/aromatic N) is 3. The molecule has 1 heterocycles. The number of hydrogen-bond acceptors (Lipinski definition) is 8. The van der Waals surface area contributed by atoms with E-state index in [1.807, 2.05) is 0 Å². The molecule has 10 nitrogen and oxygen atoms in total. The van der Waals surface area contributed by atoms with Crippen LogP contribution in [0.4, 0.5) is 15.9 Å². The van der Waals surface area contributed by atoms with Crippen molar-refractivity contribution in [2.24, 2.45) is 5.16 Å². The van der Waals surface area contributed by atoms with Crippen molar-refractivity contribution in [2.75, 3.05) is 30.0 Å². The maximum absolute atomic E-state index is 13.3. The Kier molecular flexibility index (Phi) is 6.88. The Morgan fingerprint density at radius 3 is 2.85 bits per heavy atom. The summed E-state index contributed by atoms with van der Waals surface area (Å²) >= 11 is 3.05. The van der Waals surface area contributed by atoms with Gasteiger partial charge < -0.3 is 15.8 Å². The van der Waals surface area contributed by atoms with Crippen molar-refractivity contribution in [1.82, 2.24) is 15.0 Å². The zero-order valence-corrected chi connectivity index (χ0v) is 15.9. The van der Waals surface area contributed by atoms with E-state index in [0.717, 1.165) is 0 Å². The van der Waals surface area contributed by atoms with Gasteiger partial charge in [-0.2, -0.15) is 0 Å². The molecular weight excluding hydrogens is 435 g/mol. The fraction of sp³-hybridized carbons (Fsp3) is 0.308. The first-order valence-electron chi connectivity index (χ1n) is 7.28. The quantitative estimate of drug-likeness (QED) is 0.156. The molecule has 0 saturated heterocycles. The summed E-state index contributed by atoms with van der Waals surface area (Å²) in [6.07, 6.45) is 0.305. The van der Waals surface area contributed by atoms with Gasteiger partial charge in [-0.1, -0.05) is 5.16 Å². The predicted molar refractivity (Wildman–Crippen MR) is 96.3 cm³/mol. The van der Waals surface area contributed by atoms with Crippen LogP contribution in [-0.2, 0) is 10.0 Å². The molecule has 0 amide bonds. The van der Waals surface area contributed by atoms with Crippen LogP contribution in [0, 0.1) is 5.82 Å². The number of amidine groups is 1. The van der Waals surface area contributed by atoms with Crippen LogP contribution < -0.4 is 15.4 Å². The van der Waals surface area contributed by atoms with Gasteiger partial charge in [0.25, 0.3) is 0 Å². The lowest BCUT2D eigenvalue weighted by Gasteiger charge is -2.08. The fourth-order valence-corrected chi connectivity index (χ4v) is 2.98. The zero-order valence-electron chi connectivity index (χ0n) is 13.5. The van der Waals surface area contributed by atoms with Gasteiger partial charge in [-0.3, -0.25) is 0 Å². The molecule has 0 radical (unpaired) electrons. The molecule has 0 bridgehead atoms. The van der Waals surface area contributed by atoms with Crippen LogP contribution in [0.1, 0.15) is 12.1 Å². The summed E-state index contributed by atoms with van der Waals surface area (Å²) in [5, 5.41) is 25.2. The highest BCUT2D eigenvalue weighted by atomic mass is 79.9. The molecule has 2 aromatic rings. The van der Waals surface area contributed by atoms with Gasteiger partial charge in [0.1, 0.15) is 5.82 Å². The van der Waals surface area contributed by atoms with Gasteiger partial charge in [-0.05, 0) is 57.9 Å². The van der Waals surface area contributed by atoms with Crippen LogP contribution >= 0.6 is 15.9 Å². The molecule has 2 rings (SSSR count). The van der Waals surface area contributed by atoms with E-state index in [1.165, 1.54) is 25.2 Å². The van der Waals surface area contributed by atoms with E-state index in [-0.39, 0.29) is 34.1 Å². The van der Waals surface area contributed by atoms with Gasteiger partial charge in [0.2, 0.25) is 21.7 Å². The first kappa shape index (κ1) is 20.1. The fourth-order valence-electron chi connectivity index (χ4n) is 1.87. The van der Waals surface area contributed by atoms with Gasteiger partial charge >= 0.3 is 0 Å². The van der Waals surface area contributed by atoms with Crippen LogP contribution in [0.5, 0.6) is 0 Å². The van der Waals surface area contributed by atoms with Crippen molar-refractivity contribution in [2.45, 2.75) is 6.42 Å². The summed E-state index contributed by atoms with van der Waals surface area (Å²) in [7, 11) is -1.96. The molecule has 0 aliphatic rings. The summed E-state index contributed by atoms with van der Waals surface area (Å²) in [4.78, 5) is 0. The third-order valence-electron chi connectivity index (χ3n) is 3.19. The number of sulfonamides is 1. The standard InChI is InChI=1S/C13H16BrFN6O4S/c1-16-26(23,24)6-2-5-17-12-11(20-25-21-12)13(19-22)18-8-3-4-10(15)9(14)7-8/h3-4,7,16,22H,2,5-6H2,1H3,(H,17,21)(H,18,19). The third kappa shape index (κ3) is 5.37. The van der Waals surface area contributed by atoms with Crippen LogP contribution in [0.3, 0.4) is 0 Å². The molecule has 13 heteroatoms. The first-order valence-corrected chi connectivity index (χ1v) is 9.73. The number of aromatic nitrogens is 2. The highest BCUT2D eigenvalue weighted by Gasteiger charge is 2.18. The third-order valence-corrected chi connectivity index (χ3v) is 5.24. The van der Waals surface area contributed by atoms with E-state index < -0.39 is 15.8 Å². The molecule has 0 aliphatic carbocycles. The average Bonchev–Trinajstić information content (AvgIpc) is 3.08. The van der Waals surface area contributed by atoms with Gasteiger partial charge in [0, 0.05) is 12.2 Å². The minimum atomic E-state index is -3.30. The van der Waals surface area contributed by atoms with Gasteiger partial charge in [-0.15, -0.1) is 0 Å². The maximum atomic E-state index is 13.3. The molecule has 0 atom stereocenters. The monoisotopic (exact) mass is 450 g/mol. The van der Waals surface area contributed by atoms with Gasteiger partial charge in [-0.25, -0.2) is 22.2 Å². The van der Waals surface area contributed by atoms with Gasteiger partial charge in [0.15, 0.2) is 5.69 Å². The van der Waals surface area contributed by atoms with Crippen molar-refractivity contribution in [3.63, 3.8) is 0 Å². The minimum absolute atomic E-state index is 0.0695. The molecule has 26 heavy (non-hydrogen) atoms. The Morgan fingerprint density at radius 1 is 1.42 bits per heavy atom. The van der Waals surface area contributed by atoms with Crippen molar-refractivity contribution in [3.8, 4) is 0 Å². The van der Waals surface area contributed by atoms with Crippen molar-refractivity contribution < 1.29 is 22.6 Å². The Morgan fingerprint density at radius 2 is 2.19 bits per heavy atom. The molecule has 1 aromatic heterocycles. The zero-order chi connectivity index (χ0) is 19.2. The Balaban J connectivity index is 2.03. The number of nitrogens with one attached hydrogen (secondary N) is 3. The highest BCUT2D eigenvalue weighted by Crippen LogP contribution is 2.21. The van der Waals surface area contributed by atoms with Crippen LogP contribution in [0.15, 0.2) is 32.5 Å². The maximum Gasteiger partial charge on any atom is 0.211 e. The van der Waals surface area contributed by atoms with E-state index in [9.17, 15) is 18.0 Å². The Hall–Kier alpha value is -2.25. The van der Waals surface area contributed by atoms with Crippen LogP contribution in [-0.4, -0.2) is 49.1 Å². The summed E-state index contributed by atoms with van der Waals surface area (Å²) in [6.45, 7) is 0.267. The first-order chi connectivity index (χ1) is 12.4. The lowest BCUT2D eigenvalue weighted by Crippen LogP contribution is -2.23. The molecule has 1 aromatic carbocycles. The van der Waals surface area contributed by atoms with E-state index in [2.05, 4.69) is 51.4 Å². The van der Waals surface area contributed by atoms with Crippen LogP contribution in [0.25, 0.3) is 0 Å². The molecule has 142 valence electrons. The van der Waals surface area contributed by atoms with E-state index in [1.54, 1.807) is 0 Å². The van der Waals surface area contributed by atoms with Crippen molar-refractivity contribution in [3.05, 3.63) is 34.2 Å². The summed E-state index contributed by atoms with van der Waals surface area (Å²) in [5.41, 5.74) is 0.504. The van der Waals surface area contributed by atoms with E-state index in [4.69, 9.17) is 0 Å². The van der Waals surface area contributed by atoms with Gasteiger partial charge in [0.05, 0.1) is 10.2 Å². The summed E-state index contributed by atoms with van der Waals surface area (Å²) in [5.74, 6) is -0.441. The molecule has 0 spiro atoms.